The summed E-state index contributed by atoms with van der Waals surface area (Å²) >= 11 is 1.38. The van der Waals surface area contributed by atoms with Crippen LogP contribution in [-0.2, 0) is 6.54 Å². The van der Waals surface area contributed by atoms with Gasteiger partial charge in [0.25, 0.3) is 5.91 Å². The Morgan fingerprint density at radius 3 is 3.07 bits per heavy atom. The van der Waals surface area contributed by atoms with E-state index in [0.717, 1.165) is 5.76 Å². The molecule has 15 heavy (non-hydrogen) atoms. The second-order valence-corrected chi connectivity index (χ2v) is 3.64. The highest BCUT2D eigenvalue weighted by Crippen LogP contribution is 2.03. The minimum Gasteiger partial charge on any atom is -0.444 e. The average Bonchev–Trinajstić information content (AvgIpc) is 2.84. The number of carbonyl (C=O) groups excluding carboxylic acids is 1. The highest BCUT2D eigenvalue weighted by atomic mass is 32.1. The number of nitrogens with one attached hydrogen (secondary N) is 1. The smallest absolute Gasteiger partial charge is 0.271 e. The fourth-order valence-corrected chi connectivity index (χ4v) is 1.59. The first-order valence-electron chi connectivity index (χ1n) is 4.33. The van der Waals surface area contributed by atoms with Crippen LogP contribution in [0.5, 0.6) is 0 Å². The predicted molar refractivity (Wildman–Crippen MR) is 54.5 cm³/mol. The fraction of sp³-hybridized carbons (Fsp3) is 0.222. The number of oxazole rings is 1. The first-order chi connectivity index (χ1) is 7.25. The van der Waals surface area contributed by atoms with Crippen molar-refractivity contribution in [3.8, 4) is 0 Å². The molecule has 6 heteroatoms. The fourth-order valence-electron chi connectivity index (χ4n) is 1.05. The molecular formula is C9H9N3O2S. The van der Waals surface area contributed by atoms with Crippen LogP contribution in [0.4, 0.5) is 0 Å². The molecule has 0 saturated heterocycles. The van der Waals surface area contributed by atoms with Crippen molar-refractivity contribution in [1.82, 2.24) is 15.3 Å². The Labute approximate surface area is 90.2 Å². The van der Waals surface area contributed by atoms with Crippen molar-refractivity contribution in [3.05, 3.63) is 34.4 Å². The van der Waals surface area contributed by atoms with Gasteiger partial charge in [0.15, 0.2) is 0 Å². The van der Waals surface area contributed by atoms with Gasteiger partial charge in [-0.05, 0) is 6.92 Å². The zero-order valence-electron chi connectivity index (χ0n) is 8.06. The molecule has 2 aromatic heterocycles. The van der Waals surface area contributed by atoms with Crippen LogP contribution in [-0.4, -0.2) is 15.9 Å². The zero-order chi connectivity index (χ0) is 10.7. The quantitative estimate of drug-likeness (QED) is 0.853. The molecule has 2 rings (SSSR count). The van der Waals surface area contributed by atoms with Crippen molar-refractivity contribution >= 4 is 17.2 Å². The van der Waals surface area contributed by atoms with Crippen molar-refractivity contribution in [3.63, 3.8) is 0 Å². The number of rotatable bonds is 3. The van der Waals surface area contributed by atoms with Crippen molar-refractivity contribution in [2.45, 2.75) is 13.5 Å². The maximum atomic E-state index is 11.4. The molecule has 0 fully saturated rings. The lowest BCUT2D eigenvalue weighted by Crippen LogP contribution is -2.23. The Hall–Kier alpha value is -1.69. The lowest BCUT2D eigenvalue weighted by Gasteiger charge is -1.98. The predicted octanol–water partition coefficient (Wildman–Crippen LogP) is 1.37. The van der Waals surface area contributed by atoms with Crippen molar-refractivity contribution in [2.24, 2.45) is 0 Å². The molecule has 1 amide bonds. The second kappa shape index (κ2) is 4.22. The van der Waals surface area contributed by atoms with Crippen LogP contribution < -0.4 is 5.32 Å². The van der Waals surface area contributed by atoms with Gasteiger partial charge in [-0.25, -0.2) is 9.97 Å². The topological polar surface area (TPSA) is 68.0 Å². The number of thiazole rings is 1. The van der Waals surface area contributed by atoms with Gasteiger partial charge in [-0.15, -0.1) is 11.3 Å². The molecule has 0 aliphatic heterocycles. The lowest BCUT2D eigenvalue weighted by molar-refractivity contribution is 0.0943. The van der Waals surface area contributed by atoms with E-state index in [-0.39, 0.29) is 12.5 Å². The van der Waals surface area contributed by atoms with Gasteiger partial charge in [0.2, 0.25) is 5.89 Å². The summed E-state index contributed by atoms with van der Waals surface area (Å²) in [5.74, 6) is 1.01. The Kier molecular flexibility index (Phi) is 2.77. The summed E-state index contributed by atoms with van der Waals surface area (Å²) in [5.41, 5.74) is 2.03. The molecule has 0 spiro atoms. The Bertz CT molecular complexity index is 450. The number of amides is 1. The first kappa shape index (κ1) is 9.85. The van der Waals surface area contributed by atoms with Gasteiger partial charge in [0.05, 0.1) is 18.3 Å². The Morgan fingerprint density at radius 2 is 2.47 bits per heavy atom. The van der Waals surface area contributed by atoms with Gasteiger partial charge >= 0.3 is 0 Å². The van der Waals surface area contributed by atoms with Gasteiger partial charge in [0.1, 0.15) is 11.5 Å². The first-order valence-corrected chi connectivity index (χ1v) is 5.27. The summed E-state index contributed by atoms with van der Waals surface area (Å²) in [7, 11) is 0. The number of nitrogens with zero attached hydrogens (tertiary/aromatic N) is 2. The molecule has 0 unspecified atom stereocenters. The van der Waals surface area contributed by atoms with Gasteiger partial charge < -0.3 is 9.73 Å². The molecule has 0 aromatic carbocycles. The van der Waals surface area contributed by atoms with E-state index in [9.17, 15) is 4.79 Å². The van der Waals surface area contributed by atoms with Gasteiger partial charge in [-0.3, -0.25) is 4.79 Å². The van der Waals surface area contributed by atoms with Crippen molar-refractivity contribution in [1.29, 1.82) is 0 Å². The molecular weight excluding hydrogens is 214 g/mol. The summed E-state index contributed by atoms with van der Waals surface area (Å²) in [5, 5.41) is 4.35. The molecule has 2 heterocycles. The van der Waals surface area contributed by atoms with Gasteiger partial charge in [-0.2, -0.15) is 0 Å². The normalized spacial score (nSPS) is 10.2. The van der Waals surface area contributed by atoms with Gasteiger partial charge in [0, 0.05) is 5.38 Å². The molecule has 0 saturated carbocycles. The number of carbonyl (C=O) groups is 1. The summed E-state index contributed by atoms with van der Waals surface area (Å²) in [6, 6.07) is 0. The van der Waals surface area contributed by atoms with Gasteiger partial charge in [-0.1, -0.05) is 0 Å². The van der Waals surface area contributed by atoms with Crippen LogP contribution in [0.25, 0.3) is 0 Å². The van der Waals surface area contributed by atoms with E-state index < -0.39 is 0 Å². The third-order valence-electron chi connectivity index (χ3n) is 1.73. The molecule has 0 bridgehead atoms. The summed E-state index contributed by atoms with van der Waals surface area (Å²) < 4.78 is 5.21. The van der Waals surface area contributed by atoms with Crippen LogP contribution >= 0.6 is 11.3 Å². The molecule has 1 N–H and O–H groups in total. The zero-order valence-corrected chi connectivity index (χ0v) is 8.87. The molecule has 0 radical (unpaired) electrons. The number of hydrogen-bond donors (Lipinski definition) is 1. The van der Waals surface area contributed by atoms with E-state index in [0.29, 0.717) is 11.6 Å². The SMILES string of the molecule is Cc1cnc(CNC(=O)c2cscn2)o1. The van der Waals surface area contributed by atoms with Crippen LogP contribution in [0.2, 0.25) is 0 Å². The highest BCUT2D eigenvalue weighted by molar-refractivity contribution is 7.07. The number of hydrogen-bond acceptors (Lipinski definition) is 5. The maximum Gasteiger partial charge on any atom is 0.271 e. The van der Waals surface area contributed by atoms with Crippen molar-refractivity contribution < 1.29 is 9.21 Å². The third kappa shape index (κ3) is 2.41. The highest BCUT2D eigenvalue weighted by Gasteiger charge is 2.08. The van der Waals surface area contributed by atoms with E-state index in [2.05, 4.69) is 15.3 Å². The van der Waals surface area contributed by atoms with E-state index in [1.165, 1.54) is 11.3 Å². The van der Waals surface area contributed by atoms with E-state index in [1.54, 1.807) is 24.0 Å². The summed E-state index contributed by atoms with van der Waals surface area (Å²) in [6.45, 7) is 2.09. The Morgan fingerprint density at radius 1 is 1.60 bits per heavy atom. The molecule has 0 aliphatic carbocycles. The lowest BCUT2D eigenvalue weighted by atomic mass is 10.4. The monoisotopic (exact) mass is 223 g/mol. The molecule has 2 aromatic rings. The largest absolute Gasteiger partial charge is 0.444 e. The second-order valence-electron chi connectivity index (χ2n) is 2.92. The number of aromatic nitrogens is 2. The van der Waals surface area contributed by atoms with E-state index in [4.69, 9.17) is 4.42 Å². The van der Waals surface area contributed by atoms with Crippen LogP contribution in [0.3, 0.4) is 0 Å². The van der Waals surface area contributed by atoms with Crippen LogP contribution in [0.15, 0.2) is 21.5 Å². The van der Waals surface area contributed by atoms with Crippen molar-refractivity contribution in [2.75, 3.05) is 0 Å². The molecule has 5 nitrogen and oxygen atoms in total. The minimum absolute atomic E-state index is 0.216. The molecule has 78 valence electrons. The third-order valence-corrected chi connectivity index (χ3v) is 2.32. The van der Waals surface area contributed by atoms with E-state index in [1.807, 2.05) is 0 Å². The summed E-state index contributed by atoms with van der Waals surface area (Å²) in [4.78, 5) is 19.3. The molecule has 0 aliphatic rings. The average molecular weight is 223 g/mol. The van der Waals surface area contributed by atoms with Crippen LogP contribution in [0.1, 0.15) is 22.1 Å². The Balaban J connectivity index is 1.91. The standard InChI is InChI=1S/C9H9N3O2S/c1-6-2-10-8(14-6)3-11-9(13)7-4-15-5-12-7/h2,4-5H,3H2,1H3,(H,11,13). The maximum absolute atomic E-state index is 11.4. The number of aryl methyl sites for hydroxylation is 1. The summed E-state index contributed by atoms with van der Waals surface area (Å²) in [6.07, 6.45) is 1.62. The minimum atomic E-state index is -0.216. The van der Waals surface area contributed by atoms with Crippen LogP contribution in [0, 0.1) is 6.92 Å². The van der Waals surface area contributed by atoms with E-state index >= 15 is 0 Å². The molecule has 0 atom stereocenters.